The van der Waals surface area contributed by atoms with E-state index in [0.29, 0.717) is 6.04 Å². The molecule has 0 aromatic carbocycles. The summed E-state index contributed by atoms with van der Waals surface area (Å²) in [7, 11) is 0. The minimum atomic E-state index is 0.321. The predicted octanol–water partition coefficient (Wildman–Crippen LogP) is 3.49. The van der Waals surface area contributed by atoms with Gasteiger partial charge in [0.1, 0.15) is 5.76 Å². The van der Waals surface area contributed by atoms with Gasteiger partial charge < -0.3 is 9.73 Å². The molecule has 1 aromatic heterocycles. The molecule has 78 valence electrons. The van der Waals surface area contributed by atoms with Crippen LogP contribution in [0.15, 0.2) is 21.2 Å². The normalized spacial score (nSPS) is 19.3. The van der Waals surface area contributed by atoms with E-state index in [1.54, 1.807) is 0 Å². The molecule has 3 heteroatoms. The first-order valence-corrected chi connectivity index (χ1v) is 6.03. The molecule has 1 saturated carbocycles. The van der Waals surface area contributed by atoms with Gasteiger partial charge in [0.15, 0.2) is 4.67 Å². The maximum atomic E-state index is 5.48. The van der Waals surface area contributed by atoms with Gasteiger partial charge in [0.05, 0.1) is 6.04 Å². The first-order chi connectivity index (χ1) is 6.75. The number of halogens is 1. The summed E-state index contributed by atoms with van der Waals surface area (Å²) in [6.07, 6.45) is 4.19. The topological polar surface area (TPSA) is 25.2 Å². The van der Waals surface area contributed by atoms with E-state index >= 15 is 0 Å². The Morgan fingerprint density at radius 2 is 2.36 bits per heavy atom. The second kappa shape index (κ2) is 4.49. The average molecular weight is 258 g/mol. The lowest BCUT2D eigenvalue weighted by Crippen LogP contribution is -2.29. The smallest absolute Gasteiger partial charge is 0.169 e. The lowest BCUT2D eigenvalue weighted by Gasteiger charge is -2.26. The SMILES string of the molecule is CC(NCC1CCC1)c1ccc(Br)o1. The van der Waals surface area contributed by atoms with Gasteiger partial charge in [-0.1, -0.05) is 6.42 Å². The van der Waals surface area contributed by atoms with Crippen molar-refractivity contribution in [2.24, 2.45) is 5.92 Å². The van der Waals surface area contributed by atoms with Crippen LogP contribution < -0.4 is 5.32 Å². The molecule has 2 rings (SSSR count). The van der Waals surface area contributed by atoms with Crippen molar-refractivity contribution in [2.75, 3.05) is 6.54 Å². The highest BCUT2D eigenvalue weighted by Crippen LogP contribution is 2.26. The molecule has 0 spiro atoms. The Morgan fingerprint density at radius 3 is 2.86 bits per heavy atom. The van der Waals surface area contributed by atoms with Crippen molar-refractivity contribution in [3.8, 4) is 0 Å². The van der Waals surface area contributed by atoms with E-state index < -0.39 is 0 Å². The van der Waals surface area contributed by atoms with Crippen LogP contribution in [0, 0.1) is 5.92 Å². The predicted molar refractivity (Wildman–Crippen MR) is 60.2 cm³/mol. The molecule has 1 atom stereocenters. The zero-order valence-corrected chi connectivity index (χ0v) is 10.0. The third-order valence-corrected chi connectivity index (χ3v) is 3.38. The van der Waals surface area contributed by atoms with Crippen LogP contribution >= 0.6 is 15.9 Å². The van der Waals surface area contributed by atoms with Crippen molar-refractivity contribution in [2.45, 2.75) is 32.2 Å². The van der Waals surface area contributed by atoms with Crippen molar-refractivity contribution >= 4 is 15.9 Å². The molecule has 1 aromatic rings. The van der Waals surface area contributed by atoms with Crippen LogP contribution in [0.2, 0.25) is 0 Å². The number of hydrogen-bond acceptors (Lipinski definition) is 2. The molecule has 1 aliphatic carbocycles. The van der Waals surface area contributed by atoms with Crippen molar-refractivity contribution in [1.82, 2.24) is 5.32 Å². The molecule has 14 heavy (non-hydrogen) atoms. The molecule has 2 nitrogen and oxygen atoms in total. The van der Waals surface area contributed by atoms with Gasteiger partial charge in [-0.05, 0) is 60.3 Å². The summed E-state index contributed by atoms with van der Waals surface area (Å²) in [5, 5.41) is 3.50. The Kier molecular flexibility index (Phi) is 3.29. The molecule has 1 fully saturated rings. The summed E-state index contributed by atoms with van der Waals surface area (Å²) in [5.41, 5.74) is 0. The zero-order chi connectivity index (χ0) is 9.97. The Bertz CT molecular complexity index is 293. The van der Waals surface area contributed by atoms with Gasteiger partial charge in [0, 0.05) is 0 Å². The van der Waals surface area contributed by atoms with Crippen LogP contribution in [-0.4, -0.2) is 6.54 Å². The van der Waals surface area contributed by atoms with Gasteiger partial charge in [-0.2, -0.15) is 0 Å². The van der Waals surface area contributed by atoms with E-state index in [0.717, 1.165) is 22.9 Å². The number of furan rings is 1. The van der Waals surface area contributed by atoms with Crippen molar-refractivity contribution < 1.29 is 4.42 Å². The minimum Gasteiger partial charge on any atom is -0.453 e. The summed E-state index contributed by atoms with van der Waals surface area (Å²) in [4.78, 5) is 0. The van der Waals surface area contributed by atoms with Gasteiger partial charge in [-0.25, -0.2) is 0 Å². The molecule has 0 radical (unpaired) electrons. The number of hydrogen-bond donors (Lipinski definition) is 1. The standard InChI is InChI=1S/C11H16BrNO/c1-8(10-5-6-11(12)14-10)13-7-9-3-2-4-9/h5-6,8-9,13H,2-4,7H2,1H3. The lowest BCUT2D eigenvalue weighted by molar-refractivity contribution is 0.284. The van der Waals surface area contributed by atoms with Crippen LogP contribution in [0.4, 0.5) is 0 Å². The third-order valence-electron chi connectivity index (χ3n) is 2.96. The summed E-state index contributed by atoms with van der Waals surface area (Å²) >= 11 is 3.31. The van der Waals surface area contributed by atoms with Crippen molar-refractivity contribution in [3.63, 3.8) is 0 Å². The summed E-state index contributed by atoms with van der Waals surface area (Å²) < 4.78 is 6.29. The van der Waals surface area contributed by atoms with Crippen LogP contribution in [0.3, 0.4) is 0 Å². The van der Waals surface area contributed by atoms with Crippen LogP contribution in [-0.2, 0) is 0 Å². The van der Waals surface area contributed by atoms with Gasteiger partial charge in [-0.15, -0.1) is 0 Å². The van der Waals surface area contributed by atoms with E-state index in [9.17, 15) is 0 Å². The molecular weight excluding hydrogens is 242 g/mol. The lowest BCUT2D eigenvalue weighted by atomic mass is 9.85. The fourth-order valence-corrected chi connectivity index (χ4v) is 2.02. The Balaban J connectivity index is 1.79. The highest BCUT2D eigenvalue weighted by Gasteiger charge is 2.18. The molecule has 0 amide bonds. The maximum absolute atomic E-state index is 5.48. The fourth-order valence-electron chi connectivity index (χ4n) is 1.70. The average Bonchev–Trinajstić information content (AvgIpc) is 2.49. The molecule has 1 aliphatic rings. The van der Waals surface area contributed by atoms with Gasteiger partial charge in [-0.3, -0.25) is 0 Å². The van der Waals surface area contributed by atoms with Gasteiger partial charge in [0.2, 0.25) is 0 Å². The van der Waals surface area contributed by atoms with E-state index in [1.165, 1.54) is 19.3 Å². The second-order valence-corrected chi connectivity index (χ2v) is 4.85. The number of nitrogens with one attached hydrogen (secondary N) is 1. The third kappa shape index (κ3) is 2.39. The molecule has 1 heterocycles. The van der Waals surface area contributed by atoms with E-state index in [4.69, 9.17) is 4.42 Å². The quantitative estimate of drug-likeness (QED) is 0.894. The summed E-state index contributed by atoms with van der Waals surface area (Å²) in [6, 6.07) is 4.28. The first-order valence-electron chi connectivity index (χ1n) is 5.24. The van der Waals surface area contributed by atoms with Crippen LogP contribution in [0.5, 0.6) is 0 Å². The molecule has 0 aliphatic heterocycles. The largest absolute Gasteiger partial charge is 0.453 e. The molecule has 0 saturated heterocycles. The Labute approximate surface area is 93.2 Å². The van der Waals surface area contributed by atoms with Crippen LogP contribution in [0.1, 0.15) is 38.0 Å². The highest BCUT2D eigenvalue weighted by atomic mass is 79.9. The minimum absolute atomic E-state index is 0.321. The summed E-state index contributed by atoms with van der Waals surface area (Å²) in [5.74, 6) is 1.91. The fraction of sp³-hybridized carbons (Fsp3) is 0.636. The number of rotatable bonds is 4. The van der Waals surface area contributed by atoms with E-state index in [-0.39, 0.29) is 0 Å². The Hall–Kier alpha value is -0.280. The van der Waals surface area contributed by atoms with Gasteiger partial charge >= 0.3 is 0 Å². The first kappa shape index (κ1) is 10.2. The highest BCUT2D eigenvalue weighted by molar-refractivity contribution is 9.10. The van der Waals surface area contributed by atoms with Crippen molar-refractivity contribution in [1.29, 1.82) is 0 Å². The van der Waals surface area contributed by atoms with E-state index in [2.05, 4.69) is 28.2 Å². The maximum Gasteiger partial charge on any atom is 0.169 e. The molecule has 1 unspecified atom stereocenters. The molecular formula is C11H16BrNO. The second-order valence-electron chi connectivity index (χ2n) is 4.07. The van der Waals surface area contributed by atoms with Crippen molar-refractivity contribution in [3.05, 3.63) is 22.6 Å². The monoisotopic (exact) mass is 257 g/mol. The molecule has 0 bridgehead atoms. The van der Waals surface area contributed by atoms with E-state index in [1.807, 2.05) is 12.1 Å². The summed E-state index contributed by atoms with van der Waals surface area (Å²) in [6.45, 7) is 3.27. The zero-order valence-electron chi connectivity index (χ0n) is 8.42. The van der Waals surface area contributed by atoms with Crippen LogP contribution in [0.25, 0.3) is 0 Å². The Morgan fingerprint density at radius 1 is 1.57 bits per heavy atom. The molecule has 1 N–H and O–H groups in total. The van der Waals surface area contributed by atoms with Gasteiger partial charge in [0.25, 0.3) is 0 Å².